The van der Waals surface area contributed by atoms with Gasteiger partial charge in [0.15, 0.2) is 11.6 Å². The fourth-order valence-electron chi connectivity index (χ4n) is 4.25. The lowest BCUT2D eigenvalue weighted by Crippen LogP contribution is -2.57. The number of nitrogens with zero attached hydrogens (tertiary/aromatic N) is 2. The summed E-state index contributed by atoms with van der Waals surface area (Å²) in [6.07, 6.45) is 1.27. The highest BCUT2D eigenvalue weighted by Gasteiger charge is 2.40. The molecule has 7 heteroatoms. The second-order valence-corrected chi connectivity index (χ2v) is 8.52. The van der Waals surface area contributed by atoms with Gasteiger partial charge in [0.05, 0.1) is 17.2 Å². The number of carbonyl (C=O) groups excluding carboxylic acids is 1. The Hall–Kier alpha value is -3.58. The fourth-order valence-corrected chi connectivity index (χ4v) is 4.40. The van der Waals surface area contributed by atoms with Crippen molar-refractivity contribution in [1.82, 2.24) is 10.3 Å². The fraction of sp³-hybridized carbons (Fsp3) is 0.143. The molecule has 4 aromatic rings. The SMILES string of the molecule is CN(C(=O)[C@H](CO)NC(c1ccccc1)(c1ccccc1)c1ccccc1)c1ncc(Cl)cc1F. The van der Waals surface area contributed by atoms with Crippen LogP contribution in [0.5, 0.6) is 0 Å². The van der Waals surface area contributed by atoms with E-state index in [0.29, 0.717) is 0 Å². The van der Waals surface area contributed by atoms with E-state index in [1.807, 2.05) is 91.0 Å². The van der Waals surface area contributed by atoms with E-state index in [-0.39, 0.29) is 10.8 Å². The summed E-state index contributed by atoms with van der Waals surface area (Å²) in [5.74, 6) is -1.46. The molecule has 5 nitrogen and oxygen atoms in total. The zero-order valence-corrected chi connectivity index (χ0v) is 19.9. The lowest BCUT2D eigenvalue weighted by atomic mass is 9.76. The first kappa shape index (κ1) is 24.5. The molecular formula is C28H25ClFN3O2. The van der Waals surface area contributed by atoms with Gasteiger partial charge in [0.1, 0.15) is 6.04 Å². The number of nitrogens with one attached hydrogen (secondary N) is 1. The van der Waals surface area contributed by atoms with Crippen molar-refractivity contribution in [3.8, 4) is 0 Å². The summed E-state index contributed by atoms with van der Waals surface area (Å²) in [4.78, 5) is 18.6. The minimum absolute atomic E-state index is 0.125. The van der Waals surface area contributed by atoms with Crippen molar-refractivity contribution in [3.05, 3.63) is 131 Å². The highest BCUT2D eigenvalue weighted by Crippen LogP contribution is 2.37. The molecule has 35 heavy (non-hydrogen) atoms. The van der Waals surface area contributed by atoms with Gasteiger partial charge in [-0.3, -0.25) is 15.0 Å². The van der Waals surface area contributed by atoms with Crippen LogP contribution in [0, 0.1) is 5.82 Å². The molecule has 0 bridgehead atoms. The number of hydrogen-bond acceptors (Lipinski definition) is 4. The third-order valence-electron chi connectivity index (χ3n) is 5.93. The summed E-state index contributed by atoms with van der Waals surface area (Å²) in [6, 6.07) is 29.1. The Labute approximate surface area is 208 Å². The van der Waals surface area contributed by atoms with Crippen molar-refractivity contribution < 1.29 is 14.3 Å². The van der Waals surface area contributed by atoms with Gasteiger partial charge < -0.3 is 5.11 Å². The van der Waals surface area contributed by atoms with Crippen LogP contribution in [0.4, 0.5) is 10.2 Å². The molecule has 0 aliphatic heterocycles. The van der Waals surface area contributed by atoms with Gasteiger partial charge in [0.2, 0.25) is 5.91 Å². The van der Waals surface area contributed by atoms with Gasteiger partial charge in [-0.15, -0.1) is 0 Å². The molecule has 1 amide bonds. The number of anilines is 1. The number of carbonyl (C=O) groups is 1. The van der Waals surface area contributed by atoms with Crippen LogP contribution in [0.15, 0.2) is 103 Å². The Kier molecular flexibility index (Phi) is 7.56. The molecule has 1 atom stereocenters. The van der Waals surface area contributed by atoms with E-state index in [1.165, 1.54) is 13.2 Å². The number of halogens is 2. The van der Waals surface area contributed by atoms with Crippen LogP contribution in [-0.2, 0) is 10.3 Å². The zero-order valence-electron chi connectivity index (χ0n) is 19.1. The maximum Gasteiger partial charge on any atom is 0.247 e. The first-order valence-corrected chi connectivity index (χ1v) is 11.5. The van der Waals surface area contributed by atoms with Gasteiger partial charge in [-0.2, -0.15) is 0 Å². The van der Waals surface area contributed by atoms with E-state index in [9.17, 15) is 14.3 Å². The topological polar surface area (TPSA) is 65.5 Å². The van der Waals surface area contributed by atoms with E-state index in [2.05, 4.69) is 10.3 Å². The van der Waals surface area contributed by atoms with Crippen molar-refractivity contribution in [1.29, 1.82) is 0 Å². The molecule has 1 aromatic heterocycles. The number of likely N-dealkylation sites (N-methyl/N-ethyl adjacent to an activating group) is 1. The van der Waals surface area contributed by atoms with E-state index in [1.54, 1.807) is 0 Å². The monoisotopic (exact) mass is 489 g/mol. The van der Waals surface area contributed by atoms with Crippen LogP contribution in [0.3, 0.4) is 0 Å². The average Bonchev–Trinajstić information content (AvgIpc) is 2.90. The Morgan fingerprint density at radius 3 is 1.83 bits per heavy atom. The van der Waals surface area contributed by atoms with Gasteiger partial charge in [-0.1, -0.05) is 103 Å². The molecule has 0 spiro atoms. The maximum absolute atomic E-state index is 14.5. The van der Waals surface area contributed by atoms with Crippen molar-refractivity contribution in [2.24, 2.45) is 0 Å². The smallest absolute Gasteiger partial charge is 0.247 e. The van der Waals surface area contributed by atoms with Crippen LogP contribution in [-0.4, -0.2) is 35.7 Å². The molecule has 0 unspecified atom stereocenters. The van der Waals surface area contributed by atoms with Gasteiger partial charge in [0, 0.05) is 13.2 Å². The molecular weight excluding hydrogens is 465 g/mol. The van der Waals surface area contributed by atoms with Crippen molar-refractivity contribution in [3.63, 3.8) is 0 Å². The van der Waals surface area contributed by atoms with E-state index in [0.717, 1.165) is 27.7 Å². The minimum Gasteiger partial charge on any atom is -0.394 e. The van der Waals surface area contributed by atoms with Crippen LogP contribution in [0.2, 0.25) is 5.02 Å². The summed E-state index contributed by atoms with van der Waals surface area (Å²) in [5.41, 5.74) is 1.64. The molecule has 1 heterocycles. The molecule has 4 rings (SSSR count). The van der Waals surface area contributed by atoms with Gasteiger partial charge in [0.25, 0.3) is 0 Å². The largest absolute Gasteiger partial charge is 0.394 e. The quantitative estimate of drug-likeness (QED) is 0.350. The minimum atomic E-state index is -1.09. The number of hydrogen-bond donors (Lipinski definition) is 2. The molecule has 178 valence electrons. The number of aromatic nitrogens is 1. The summed E-state index contributed by atoms with van der Waals surface area (Å²) < 4.78 is 14.5. The summed E-state index contributed by atoms with van der Waals surface area (Å²) >= 11 is 5.82. The highest BCUT2D eigenvalue weighted by atomic mass is 35.5. The predicted molar refractivity (Wildman–Crippen MR) is 136 cm³/mol. The van der Waals surface area contributed by atoms with Crippen molar-refractivity contribution in [2.75, 3.05) is 18.6 Å². The Bertz CT molecular complexity index is 1180. The Morgan fingerprint density at radius 1 is 0.971 bits per heavy atom. The number of aliphatic hydroxyl groups is 1. The summed E-state index contributed by atoms with van der Waals surface area (Å²) in [7, 11) is 1.42. The van der Waals surface area contributed by atoms with Gasteiger partial charge in [-0.05, 0) is 22.8 Å². The number of aliphatic hydroxyl groups excluding tert-OH is 1. The number of benzene rings is 3. The number of rotatable bonds is 8. The molecule has 0 radical (unpaired) electrons. The number of amides is 1. The first-order chi connectivity index (χ1) is 17.0. The van der Waals surface area contributed by atoms with Crippen LogP contribution in [0.1, 0.15) is 16.7 Å². The second kappa shape index (κ2) is 10.8. The second-order valence-electron chi connectivity index (χ2n) is 8.08. The predicted octanol–water partition coefficient (Wildman–Crippen LogP) is 4.78. The van der Waals surface area contributed by atoms with Gasteiger partial charge >= 0.3 is 0 Å². The third-order valence-corrected chi connectivity index (χ3v) is 6.14. The molecule has 0 saturated carbocycles. The van der Waals surface area contributed by atoms with E-state index in [4.69, 9.17) is 11.6 Å². The average molecular weight is 490 g/mol. The molecule has 0 fully saturated rings. The standard InChI is InChI=1S/C28H25ClFN3O2/c1-33(26-24(30)17-23(29)18-31-26)27(35)25(19-34)32-28(20-11-5-2-6-12-20,21-13-7-3-8-14-21)22-15-9-4-10-16-22/h2-18,25,32,34H,19H2,1H3/t25-/m0/s1. The number of pyridine rings is 1. The Balaban J connectivity index is 1.84. The summed E-state index contributed by atoms with van der Waals surface area (Å²) in [5, 5.41) is 13.9. The molecule has 3 aromatic carbocycles. The third kappa shape index (κ3) is 4.95. The van der Waals surface area contributed by atoms with Crippen LogP contribution in [0.25, 0.3) is 0 Å². The molecule has 2 N–H and O–H groups in total. The lowest BCUT2D eigenvalue weighted by Gasteiger charge is -2.40. The van der Waals surface area contributed by atoms with Gasteiger partial charge in [-0.25, -0.2) is 9.37 Å². The Morgan fingerprint density at radius 2 is 1.43 bits per heavy atom. The van der Waals surface area contributed by atoms with Crippen molar-refractivity contribution in [2.45, 2.75) is 11.6 Å². The van der Waals surface area contributed by atoms with Crippen LogP contribution >= 0.6 is 11.6 Å². The first-order valence-electron chi connectivity index (χ1n) is 11.1. The van der Waals surface area contributed by atoms with Crippen LogP contribution < -0.4 is 10.2 Å². The zero-order chi connectivity index (χ0) is 24.8. The molecule has 0 aliphatic carbocycles. The normalized spacial score (nSPS) is 12.2. The van der Waals surface area contributed by atoms with E-state index < -0.39 is 29.9 Å². The lowest BCUT2D eigenvalue weighted by molar-refractivity contribution is -0.121. The van der Waals surface area contributed by atoms with Crippen molar-refractivity contribution >= 4 is 23.3 Å². The highest BCUT2D eigenvalue weighted by molar-refractivity contribution is 6.30. The van der Waals surface area contributed by atoms with E-state index >= 15 is 0 Å². The molecule has 0 aliphatic rings. The summed E-state index contributed by atoms with van der Waals surface area (Å²) in [6.45, 7) is -0.521. The molecule has 0 saturated heterocycles. The maximum atomic E-state index is 14.5.